The van der Waals surface area contributed by atoms with Gasteiger partial charge in [-0.05, 0) is 56.7 Å². The summed E-state index contributed by atoms with van der Waals surface area (Å²) in [4.78, 5) is 14.6. The molecule has 1 saturated heterocycles. The lowest BCUT2D eigenvalue weighted by molar-refractivity contribution is 0.0722. The molecule has 0 atom stereocenters. The highest BCUT2D eigenvalue weighted by atomic mass is 35.7. The van der Waals surface area contributed by atoms with Gasteiger partial charge in [0.1, 0.15) is 0 Å². The molecule has 6 heteroatoms. The molecular weight excluding hydrogens is 310 g/mol. The number of benzene rings is 1. The third-order valence-electron chi connectivity index (χ3n) is 4.00. The average molecular weight is 330 g/mol. The van der Waals surface area contributed by atoms with Gasteiger partial charge in [0.2, 0.25) is 0 Å². The van der Waals surface area contributed by atoms with Crippen LogP contribution in [0.4, 0.5) is 0 Å². The molecule has 0 aromatic heterocycles. The van der Waals surface area contributed by atoms with E-state index in [9.17, 15) is 13.2 Å². The maximum atomic E-state index is 12.7. The Morgan fingerprint density at radius 2 is 1.67 bits per heavy atom. The monoisotopic (exact) mass is 329 g/mol. The van der Waals surface area contributed by atoms with Gasteiger partial charge in [-0.2, -0.15) is 0 Å². The first kappa shape index (κ1) is 16.3. The largest absolute Gasteiger partial charge is 0.339 e. The van der Waals surface area contributed by atoms with Crippen LogP contribution in [0.3, 0.4) is 0 Å². The van der Waals surface area contributed by atoms with Gasteiger partial charge >= 0.3 is 0 Å². The zero-order valence-electron chi connectivity index (χ0n) is 12.6. The van der Waals surface area contributed by atoms with Crippen LogP contribution in [-0.2, 0) is 9.05 Å². The van der Waals surface area contributed by atoms with E-state index in [-0.39, 0.29) is 10.8 Å². The summed E-state index contributed by atoms with van der Waals surface area (Å²) in [7, 11) is 1.67. The molecule has 1 amide bonds. The molecule has 1 aromatic rings. The van der Waals surface area contributed by atoms with Crippen molar-refractivity contribution < 1.29 is 13.2 Å². The summed E-state index contributed by atoms with van der Waals surface area (Å²) in [5, 5.41) is 0. The average Bonchev–Trinajstić information content (AvgIpc) is 2.37. The second kappa shape index (κ2) is 5.97. The van der Waals surface area contributed by atoms with E-state index >= 15 is 0 Å². The minimum absolute atomic E-state index is 0.0649. The molecule has 1 aliphatic heterocycles. The number of aryl methyl sites for hydroxylation is 2. The number of carbonyl (C=O) groups excluding carboxylic acids is 1. The van der Waals surface area contributed by atoms with E-state index in [2.05, 4.69) is 0 Å². The van der Waals surface area contributed by atoms with Crippen molar-refractivity contribution in [3.05, 3.63) is 28.3 Å². The van der Waals surface area contributed by atoms with Crippen molar-refractivity contribution >= 4 is 25.6 Å². The highest BCUT2D eigenvalue weighted by molar-refractivity contribution is 8.13. The quantitative estimate of drug-likeness (QED) is 0.783. The first-order valence-electron chi connectivity index (χ1n) is 7.08. The van der Waals surface area contributed by atoms with Crippen molar-refractivity contribution in [1.29, 1.82) is 0 Å². The Labute approximate surface area is 130 Å². The van der Waals surface area contributed by atoms with Crippen LogP contribution in [0.1, 0.15) is 46.3 Å². The number of piperidine rings is 1. The SMILES string of the molecule is Cc1cc(C)c(S(=O)(=O)Cl)c(C)c1C(=O)N1CCCCC1. The molecule has 1 aliphatic rings. The number of hydrogen-bond acceptors (Lipinski definition) is 3. The Balaban J connectivity index is 2.56. The fraction of sp³-hybridized carbons (Fsp3) is 0.533. The predicted molar refractivity (Wildman–Crippen MR) is 83.4 cm³/mol. The Kier molecular flexibility index (Phi) is 4.63. The Hall–Kier alpha value is -1.07. The number of likely N-dealkylation sites (tertiary alicyclic amines) is 1. The lowest BCUT2D eigenvalue weighted by Crippen LogP contribution is -2.36. The zero-order valence-corrected chi connectivity index (χ0v) is 14.1. The molecule has 0 unspecified atom stereocenters. The lowest BCUT2D eigenvalue weighted by atomic mass is 9.97. The third-order valence-corrected chi connectivity index (χ3v) is 5.58. The zero-order chi connectivity index (χ0) is 15.8. The Bertz CT molecular complexity index is 677. The van der Waals surface area contributed by atoms with Gasteiger partial charge in [0.05, 0.1) is 4.90 Å². The van der Waals surface area contributed by atoms with Crippen molar-refractivity contribution in [2.75, 3.05) is 13.1 Å². The van der Waals surface area contributed by atoms with Gasteiger partial charge in [-0.1, -0.05) is 6.07 Å². The molecule has 0 aliphatic carbocycles. The van der Waals surface area contributed by atoms with Crippen LogP contribution in [0.5, 0.6) is 0 Å². The van der Waals surface area contributed by atoms with E-state index in [4.69, 9.17) is 10.7 Å². The highest BCUT2D eigenvalue weighted by Crippen LogP contribution is 2.30. The van der Waals surface area contributed by atoms with E-state index in [1.807, 2.05) is 6.92 Å². The normalized spacial score (nSPS) is 16.1. The molecule has 1 aromatic carbocycles. The minimum Gasteiger partial charge on any atom is -0.339 e. The maximum Gasteiger partial charge on any atom is 0.261 e. The van der Waals surface area contributed by atoms with E-state index < -0.39 is 9.05 Å². The van der Waals surface area contributed by atoms with E-state index in [0.717, 1.165) is 37.9 Å². The summed E-state index contributed by atoms with van der Waals surface area (Å²) in [5.41, 5.74) is 2.31. The second-order valence-corrected chi connectivity index (χ2v) is 8.13. The summed E-state index contributed by atoms with van der Waals surface area (Å²) in [6.45, 7) is 6.65. The van der Waals surface area contributed by atoms with Crippen LogP contribution in [0.25, 0.3) is 0 Å². The Morgan fingerprint density at radius 3 is 2.19 bits per heavy atom. The van der Waals surface area contributed by atoms with Crippen molar-refractivity contribution in [2.45, 2.75) is 44.9 Å². The van der Waals surface area contributed by atoms with E-state index in [1.54, 1.807) is 24.8 Å². The van der Waals surface area contributed by atoms with Crippen LogP contribution in [0, 0.1) is 20.8 Å². The minimum atomic E-state index is -3.87. The maximum absolute atomic E-state index is 12.7. The van der Waals surface area contributed by atoms with Crippen molar-refractivity contribution in [3.8, 4) is 0 Å². The second-order valence-electron chi connectivity index (χ2n) is 5.63. The molecule has 1 heterocycles. The first-order chi connectivity index (χ1) is 9.73. The van der Waals surface area contributed by atoms with Crippen LogP contribution in [0.15, 0.2) is 11.0 Å². The van der Waals surface area contributed by atoms with Crippen LogP contribution in [-0.4, -0.2) is 32.3 Å². The fourth-order valence-electron chi connectivity index (χ4n) is 3.13. The van der Waals surface area contributed by atoms with Gasteiger partial charge in [-0.25, -0.2) is 8.42 Å². The number of halogens is 1. The van der Waals surface area contributed by atoms with Crippen molar-refractivity contribution in [2.24, 2.45) is 0 Å². The summed E-state index contributed by atoms with van der Waals surface area (Å²) in [6.07, 6.45) is 3.13. The van der Waals surface area contributed by atoms with Gasteiger partial charge < -0.3 is 4.90 Å². The first-order valence-corrected chi connectivity index (χ1v) is 9.39. The fourth-order valence-corrected chi connectivity index (χ4v) is 4.75. The molecule has 0 bridgehead atoms. The number of carbonyl (C=O) groups is 1. The molecule has 116 valence electrons. The lowest BCUT2D eigenvalue weighted by Gasteiger charge is -2.28. The highest BCUT2D eigenvalue weighted by Gasteiger charge is 2.27. The topological polar surface area (TPSA) is 54.5 Å². The molecule has 1 fully saturated rings. The van der Waals surface area contributed by atoms with E-state index in [0.29, 0.717) is 16.7 Å². The van der Waals surface area contributed by atoms with Crippen LogP contribution in [0.2, 0.25) is 0 Å². The number of rotatable bonds is 2. The molecule has 0 saturated carbocycles. The smallest absolute Gasteiger partial charge is 0.261 e. The number of amides is 1. The third kappa shape index (κ3) is 3.24. The van der Waals surface area contributed by atoms with Crippen LogP contribution >= 0.6 is 10.7 Å². The van der Waals surface area contributed by atoms with Gasteiger partial charge in [-0.3, -0.25) is 4.79 Å². The van der Waals surface area contributed by atoms with Crippen LogP contribution < -0.4 is 0 Å². The van der Waals surface area contributed by atoms with Gasteiger partial charge in [0, 0.05) is 29.3 Å². The summed E-state index contributed by atoms with van der Waals surface area (Å²) in [5.74, 6) is -0.0914. The van der Waals surface area contributed by atoms with Gasteiger partial charge in [0.25, 0.3) is 15.0 Å². The Morgan fingerprint density at radius 1 is 1.10 bits per heavy atom. The molecular formula is C15H20ClNO3S. The summed E-state index contributed by atoms with van der Waals surface area (Å²) in [6, 6.07) is 1.72. The molecule has 0 N–H and O–H groups in total. The van der Waals surface area contributed by atoms with Crippen molar-refractivity contribution in [1.82, 2.24) is 4.90 Å². The molecule has 21 heavy (non-hydrogen) atoms. The van der Waals surface area contributed by atoms with Crippen molar-refractivity contribution in [3.63, 3.8) is 0 Å². The standard InChI is InChI=1S/C15H20ClNO3S/c1-10-9-11(2)14(21(16,19)20)12(3)13(10)15(18)17-7-5-4-6-8-17/h9H,4-8H2,1-3H3. The number of hydrogen-bond donors (Lipinski definition) is 0. The van der Waals surface area contributed by atoms with E-state index in [1.165, 1.54) is 0 Å². The van der Waals surface area contributed by atoms with Gasteiger partial charge in [-0.15, -0.1) is 0 Å². The molecule has 0 radical (unpaired) electrons. The number of nitrogens with zero attached hydrogens (tertiary/aromatic N) is 1. The summed E-state index contributed by atoms with van der Waals surface area (Å²) < 4.78 is 23.6. The molecule has 2 rings (SSSR count). The molecule has 4 nitrogen and oxygen atoms in total. The predicted octanol–water partition coefficient (Wildman–Crippen LogP) is 3.17. The summed E-state index contributed by atoms with van der Waals surface area (Å²) >= 11 is 0. The molecule has 0 spiro atoms. The van der Waals surface area contributed by atoms with Gasteiger partial charge in [0.15, 0.2) is 0 Å².